The first-order valence-electron chi connectivity index (χ1n) is 5.73. The molecule has 0 aliphatic rings. The highest BCUT2D eigenvalue weighted by atomic mass is 35.5. The predicted molar refractivity (Wildman–Crippen MR) is 69.3 cm³/mol. The molecule has 0 amide bonds. The number of fused-ring (bicyclic) bond motifs is 1. The Morgan fingerprint density at radius 3 is 2.67 bits per heavy atom. The minimum absolute atomic E-state index is 0.182. The summed E-state index contributed by atoms with van der Waals surface area (Å²) in [4.78, 5) is 9.76. The van der Waals surface area contributed by atoms with E-state index < -0.39 is 17.6 Å². The normalized spacial score (nSPS) is 12.0. The van der Waals surface area contributed by atoms with Crippen LogP contribution < -0.4 is 0 Å². The van der Waals surface area contributed by atoms with E-state index in [1.165, 1.54) is 18.3 Å². The van der Waals surface area contributed by atoms with Crippen LogP contribution in [0, 0.1) is 5.82 Å². The number of nitrogens with one attached hydrogen (secondary N) is 1. The molecule has 2 aromatic heterocycles. The molecule has 0 unspecified atom stereocenters. The monoisotopic (exact) mass is 315 g/mol. The number of hydrogen-bond acceptors (Lipinski definition) is 2. The van der Waals surface area contributed by atoms with Crippen molar-refractivity contribution in [2.24, 2.45) is 0 Å². The van der Waals surface area contributed by atoms with Crippen LogP contribution in [0.15, 0.2) is 30.6 Å². The highest BCUT2D eigenvalue weighted by molar-refractivity contribution is 6.28. The molecule has 0 bridgehead atoms. The van der Waals surface area contributed by atoms with E-state index in [2.05, 4.69) is 15.0 Å². The van der Waals surface area contributed by atoms with Crippen LogP contribution in [0.1, 0.15) is 5.56 Å². The predicted octanol–water partition coefficient (Wildman–Crippen LogP) is 4.44. The topological polar surface area (TPSA) is 41.6 Å². The van der Waals surface area contributed by atoms with Crippen molar-refractivity contribution in [2.45, 2.75) is 6.18 Å². The lowest BCUT2D eigenvalue weighted by Crippen LogP contribution is -2.09. The average Bonchev–Trinajstić information content (AvgIpc) is 2.79. The molecule has 3 aromatic rings. The summed E-state index contributed by atoms with van der Waals surface area (Å²) in [5, 5.41) is 0.117. The summed E-state index contributed by atoms with van der Waals surface area (Å²) < 4.78 is 52.3. The smallest absolute Gasteiger partial charge is 0.360 e. The van der Waals surface area contributed by atoms with Crippen LogP contribution in [-0.4, -0.2) is 15.0 Å². The van der Waals surface area contributed by atoms with Crippen molar-refractivity contribution in [2.75, 3.05) is 0 Å². The Labute approximate surface area is 120 Å². The van der Waals surface area contributed by atoms with Gasteiger partial charge in [-0.3, -0.25) is 0 Å². The van der Waals surface area contributed by atoms with E-state index in [0.29, 0.717) is 17.1 Å². The number of benzene rings is 1. The third-order valence-electron chi connectivity index (χ3n) is 2.96. The lowest BCUT2D eigenvalue weighted by atomic mass is 10.1. The van der Waals surface area contributed by atoms with Gasteiger partial charge in [-0.05, 0) is 29.8 Å². The molecule has 0 aliphatic heterocycles. The van der Waals surface area contributed by atoms with Crippen LogP contribution >= 0.6 is 11.6 Å². The number of hydrogen-bond donors (Lipinski definition) is 1. The Hall–Kier alpha value is -2.15. The van der Waals surface area contributed by atoms with Gasteiger partial charge in [-0.25, -0.2) is 14.4 Å². The fraction of sp³-hybridized carbons (Fsp3) is 0.0769. The Morgan fingerprint density at radius 2 is 1.95 bits per heavy atom. The van der Waals surface area contributed by atoms with Gasteiger partial charge in [-0.1, -0.05) is 0 Å². The zero-order valence-corrected chi connectivity index (χ0v) is 10.9. The van der Waals surface area contributed by atoms with E-state index in [4.69, 9.17) is 11.6 Å². The summed E-state index contributed by atoms with van der Waals surface area (Å²) in [6.45, 7) is 0. The van der Waals surface area contributed by atoms with Gasteiger partial charge in [-0.15, -0.1) is 0 Å². The zero-order chi connectivity index (χ0) is 15.2. The second kappa shape index (κ2) is 4.70. The number of rotatable bonds is 1. The van der Waals surface area contributed by atoms with E-state index >= 15 is 0 Å². The molecule has 3 nitrogen and oxygen atoms in total. The number of H-pyrrole nitrogens is 1. The van der Waals surface area contributed by atoms with Gasteiger partial charge in [0.15, 0.2) is 0 Å². The third-order valence-corrected chi connectivity index (χ3v) is 3.15. The fourth-order valence-electron chi connectivity index (χ4n) is 2.07. The van der Waals surface area contributed by atoms with E-state index in [0.717, 1.165) is 6.07 Å². The second-order valence-electron chi connectivity index (χ2n) is 4.29. The number of halogens is 5. The van der Waals surface area contributed by atoms with Gasteiger partial charge in [0.25, 0.3) is 0 Å². The maximum absolute atomic E-state index is 13.1. The van der Waals surface area contributed by atoms with Gasteiger partial charge < -0.3 is 4.98 Å². The molecular formula is C13H6ClF4N3. The molecule has 2 heterocycles. The van der Waals surface area contributed by atoms with Gasteiger partial charge in [0.05, 0.1) is 5.69 Å². The Morgan fingerprint density at radius 1 is 1.19 bits per heavy atom. The SMILES string of the molecule is Fc1ccc2c(-c3nc(Cl)ncc3C(F)(F)F)c[nH]c2c1. The first-order valence-corrected chi connectivity index (χ1v) is 6.11. The summed E-state index contributed by atoms with van der Waals surface area (Å²) in [6, 6.07) is 3.73. The van der Waals surface area contributed by atoms with Crippen molar-refractivity contribution < 1.29 is 17.6 Å². The van der Waals surface area contributed by atoms with Crippen LogP contribution in [0.2, 0.25) is 5.28 Å². The maximum Gasteiger partial charge on any atom is 0.419 e. The van der Waals surface area contributed by atoms with Gasteiger partial charge >= 0.3 is 6.18 Å². The first kappa shape index (κ1) is 13.8. The van der Waals surface area contributed by atoms with Crippen molar-refractivity contribution in [3.8, 4) is 11.3 Å². The molecule has 3 rings (SSSR count). The molecule has 1 N–H and O–H groups in total. The molecule has 0 fully saturated rings. The first-order chi connectivity index (χ1) is 9.86. The van der Waals surface area contributed by atoms with Crippen molar-refractivity contribution in [3.63, 3.8) is 0 Å². The quantitative estimate of drug-likeness (QED) is 0.533. The van der Waals surface area contributed by atoms with Crippen LogP contribution in [-0.2, 0) is 6.18 Å². The molecule has 21 heavy (non-hydrogen) atoms. The average molecular weight is 316 g/mol. The lowest BCUT2D eigenvalue weighted by molar-refractivity contribution is -0.137. The standard InChI is InChI=1S/C13H6ClF4N3/c14-12-20-5-9(13(16,17)18)11(21-12)8-4-19-10-3-6(15)1-2-7(8)10/h1-5,19H. The van der Waals surface area contributed by atoms with Gasteiger partial charge in [0.2, 0.25) is 5.28 Å². The number of aromatic nitrogens is 3. The number of aromatic amines is 1. The second-order valence-corrected chi connectivity index (χ2v) is 4.63. The zero-order valence-electron chi connectivity index (χ0n) is 10.2. The number of nitrogens with zero attached hydrogens (tertiary/aromatic N) is 2. The van der Waals surface area contributed by atoms with E-state index in [1.54, 1.807) is 0 Å². The van der Waals surface area contributed by atoms with Crippen LogP contribution in [0.4, 0.5) is 17.6 Å². The van der Waals surface area contributed by atoms with Gasteiger partial charge in [0.1, 0.15) is 11.4 Å². The molecule has 0 saturated carbocycles. The van der Waals surface area contributed by atoms with Crippen molar-refractivity contribution >= 4 is 22.5 Å². The molecular weight excluding hydrogens is 310 g/mol. The fourth-order valence-corrected chi connectivity index (χ4v) is 2.20. The molecule has 0 spiro atoms. The van der Waals surface area contributed by atoms with Crippen LogP contribution in [0.25, 0.3) is 22.2 Å². The van der Waals surface area contributed by atoms with Crippen LogP contribution in [0.3, 0.4) is 0 Å². The van der Waals surface area contributed by atoms with Gasteiger partial charge in [0, 0.05) is 28.9 Å². The molecule has 0 aliphatic carbocycles. The summed E-state index contributed by atoms with van der Waals surface area (Å²) in [6.07, 6.45) is -2.66. The minimum Gasteiger partial charge on any atom is -0.360 e. The third kappa shape index (κ3) is 2.44. The van der Waals surface area contributed by atoms with Gasteiger partial charge in [-0.2, -0.15) is 13.2 Å². The highest BCUT2D eigenvalue weighted by Crippen LogP contribution is 2.38. The van der Waals surface area contributed by atoms with Crippen molar-refractivity contribution in [1.82, 2.24) is 15.0 Å². The summed E-state index contributed by atoms with van der Waals surface area (Å²) in [5.41, 5.74) is -0.799. The maximum atomic E-state index is 13.1. The van der Waals surface area contributed by atoms with Crippen molar-refractivity contribution in [3.05, 3.63) is 47.3 Å². The van der Waals surface area contributed by atoms with E-state index in [-0.39, 0.29) is 16.5 Å². The largest absolute Gasteiger partial charge is 0.419 e. The molecule has 0 atom stereocenters. The Kier molecular flexibility index (Phi) is 3.09. The molecule has 8 heteroatoms. The summed E-state index contributed by atoms with van der Waals surface area (Å²) >= 11 is 5.60. The van der Waals surface area contributed by atoms with E-state index in [1.807, 2.05) is 0 Å². The molecule has 0 saturated heterocycles. The van der Waals surface area contributed by atoms with Crippen molar-refractivity contribution in [1.29, 1.82) is 0 Å². The molecule has 108 valence electrons. The van der Waals surface area contributed by atoms with E-state index in [9.17, 15) is 17.6 Å². The summed E-state index contributed by atoms with van der Waals surface area (Å²) in [7, 11) is 0. The van der Waals surface area contributed by atoms with Crippen LogP contribution in [0.5, 0.6) is 0 Å². The Bertz CT molecular complexity index is 826. The minimum atomic E-state index is -4.62. The highest BCUT2D eigenvalue weighted by Gasteiger charge is 2.36. The molecule has 1 aromatic carbocycles. The lowest BCUT2D eigenvalue weighted by Gasteiger charge is -2.11. The Balaban J connectivity index is 2.30. The molecule has 0 radical (unpaired) electrons. The number of alkyl halides is 3. The summed E-state index contributed by atoms with van der Waals surface area (Å²) in [5.74, 6) is -0.493.